The minimum Gasteiger partial charge on any atom is -0.456 e. The molecule has 170 valence electrons. The van der Waals surface area contributed by atoms with Gasteiger partial charge in [0.25, 0.3) is 0 Å². The predicted octanol–water partition coefficient (Wildman–Crippen LogP) is 5.22. The molecule has 0 fully saturated rings. The molecular formula is C12H7F13O4. The fourth-order valence-corrected chi connectivity index (χ4v) is 1.11. The number of carbonyl (C=O) groups is 1. The first-order chi connectivity index (χ1) is 12.6. The maximum Gasteiger partial charge on any atom is 0.471 e. The first-order valence-corrected chi connectivity index (χ1v) is 6.43. The Morgan fingerprint density at radius 3 is 1.66 bits per heavy atom. The molecular weight excluding hydrogens is 455 g/mol. The van der Waals surface area contributed by atoms with E-state index >= 15 is 0 Å². The van der Waals surface area contributed by atoms with Gasteiger partial charge in [-0.1, -0.05) is 6.58 Å². The number of alkyl halides is 10. The van der Waals surface area contributed by atoms with Crippen molar-refractivity contribution >= 4 is 5.97 Å². The Hall–Kier alpha value is -2.20. The van der Waals surface area contributed by atoms with E-state index in [4.69, 9.17) is 0 Å². The molecule has 0 aromatic carbocycles. The van der Waals surface area contributed by atoms with Crippen LogP contribution in [-0.2, 0) is 19.0 Å². The third kappa shape index (κ3) is 5.89. The molecule has 1 unspecified atom stereocenters. The molecule has 0 aliphatic carbocycles. The highest BCUT2D eigenvalue weighted by molar-refractivity contribution is 5.86. The second-order valence-corrected chi connectivity index (χ2v) is 4.93. The quantitative estimate of drug-likeness (QED) is 0.204. The Kier molecular flexibility index (Phi) is 7.64. The lowest BCUT2D eigenvalue weighted by Crippen LogP contribution is -2.63. The van der Waals surface area contributed by atoms with Gasteiger partial charge in [-0.05, 0) is 6.92 Å². The molecule has 17 heteroatoms. The van der Waals surface area contributed by atoms with E-state index in [0.29, 0.717) is 0 Å². The molecule has 0 spiro atoms. The van der Waals surface area contributed by atoms with E-state index < -0.39 is 60.4 Å². The zero-order chi connectivity index (χ0) is 23.6. The number of rotatable bonds is 9. The van der Waals surface area contributed by atoms with Crippen LogP contribution in [0.5, 0.6) is 0 Å². The van der Waals surface area contributed by atoms with Crippen LogP contribution < -0.4 is 0 Å². The topological polar surface area (TPSA) is 44.8 Å². The highest BCUT2D eigenvalue weighted by Gasteiger charge is 2.81. The van der Waals surface area contributed by atoms with Crippen molar-refractivity contribution in [1.82, 2.24) is 0 Å². The first kappa shape index (κ1) is 26.8. The lowest BCUT2D eigenvalue weighted by Gasteiger charge is -2.37. The molecule has 4 nitrogen and oxygen atoms in total. The summed E-state index contributed by atoms with van der Waals surface area (Å²) in [5.41, 5.74) is -0.671. The normalized spacial score (nSPS) is 15.4. The monoisotopic (exact) mass is 462 g/mol. The van der Waals surface area contributed by atoms with Gasteiger partial charge in [-0.2, -0.15) is 57.1 Å². The zero-order valence-electron chi connectivity index (χ0n) is 13.5. The van der Waals surface area contributed by atoms with E-state index in [9.17, 15) is 61.9 Å². The fourth-order valence-electron chi connectivity index (χ4n) is 1.11. The van der Waals surface area contributed by atoms with Crippen LogP contribution in [0.3, 0.4) is 0 Å². The van der Waals surface area contributed by atoms with Crippen molar-refractivity contribution in [3.8, 4) is 0 Å². The summed E-state index contributed by atoms with van der Waals surface area (Å²) in [5, 5.41) is 0. The van der Waals surface area contributed by atoms with Crippen molar-refractivity contribution in [2.75, 3.05) is 6.61 Å². The molecule has 0 heterocycles. The Balaban J connectivity index is 6.01. The minimum absolute atomic E-state index is 0.671. The van der Waals surface area contributed by atoms with Crippen LogP contribution in [0.1, 0.15) is 6.92 Å². The Labute approximate surface area is 151 Å². The van der Waals surface area contributed by atoms with E-state index in [2.05, 4.69) is 11.3 Å². The second-order valence-electron chi connectivity index (χ2n) is 4.93. The number of carbonyl (C=O) groups excluding carboxylic acids is 1. The lowest BCUT2D eigenvalue weighted by molar-refractivity contribution is -0.517. The van der Waals surface area contributed by atoms with Crippen LogP contribution in [-0.4, -0.2) is 42.7 Å². The molecule has 29 heavy (non-hydrogen) atoms. The Morgan fingerprint density at radius 2 is 1.31 bits per heavy atom. The summed E-state index contributed by atoms with van der Waals surface area (Å²) in [7, 11) is 0. The lowest BCUT2D eigenvalue weighted by atomic mass is 10.2. The number of halogens is 13. The highest BCUT2D eigenvalue weighted by Crippen LogP contribution is 2.52. The van der Waals surface area contributed by atoms with Crippen molar-refractivity contribution in [2.24, 2.45) is 0 Å². The molecule has 0 N–H and O–H groups in total. The van der Waals surface area contributed by atoms with Gasteiger partial charge >= 0.3 is 48.2 Å². The molecule has 0 bridgehead atoms. The third-order valence-corrected chi connectivity index (χ3v) is 2.53. The number of ether oxygens (including phenoxy) is 3. The molecule has 0 aromatic heterocycles. The van der Waals surface area contributed by atoms with Crippen LogP contribution in [0.15, 0.2) is 24.2 Å². The van der Waals surface area contributed by atoms with Crippen molar-refractivity contribution < 1.29 is 76.1 Å². The SMILES string of the molecule is C=C(C)C(=O)OCC(F)(F)C(F)(F)OC(F)(C(F)(F)F)C(F)(F)OC(F)=C(F)F. The maximum atomic E-state index is 13.7. The van der Waals surface area contributed by atoms with Gasteiger partial charge in [0, 0.05) is 5.57 Å². The maximum absolute atomic E-state index is 13.7. The van der Waals surface area contributed by atoms with Gasteiger partial charge in [0.05, 0.1) is 0 Å². The molecule has 0 aliphatic heterocycles. The largest absolute Gasteiger partial charge is 0.471 e. The molecule has 0 saturated carbocycles. The summed E-state index contributed by atoms with van der Waals surface area (Å²) < 4.78 is 174. The van der Waals surface area contributed by atoms with E-state index in [1.54, 1.807) is 0 Å². The van der Waals surface area contributed by atoms with Gasteiger partial charge < -0.3 is 9.47 Å². The van der Waals surface area contributed by atoms with Gasteiger partial charge in [0.2, 0.25) is 0 Å². The van der Waals surface area contributed by atoms with Crippen LogP contribution in [0.25, 0.3) is 0 Å². The zero-order valence-corrected chi connectivity index (χ0v) is 13.5. The van der Waals surface area contributed by atoms with Crippen LogP contribution in [0, 0.1) is 0 Å². The highest BCUT2D eigenvalue weighted by atomic mass is 19.4. The Morgan fingerprint density at radius 1 is 0.862 bits per heavy atom. The standard InChI is InChI=1S/C12H7F13O4/c1-4(2)7(26)27-3-8(16,17)11(22,23)29-9(18,10(19,20)21)12(24,25)28-6(15)5(13)14/h1,3H2,2H3. The van der Waals surface area contributed by atoms with Gasteiger partial charge in [-0.15, -0.1) is 0 Å². The molecule has 0 rings (SSSR count). The molecule has 0 radical (unpaired) electrons. The van der Waals surface area contributed by atoms with Crippen molar-refractivity contribution in [3.05, 3.63) is 24.2 Å². The van der Waals surface area contributed by atoms with E-state index in [-0.39, 0.29) is 0 Å². The second kappa shape index (κ2) is 8.27. The Bertz CT molecular complexity index is 665. The summed E-state index contributed by atoms with van der Waals surface area (Å²) in [6, 6.07) is -3.85. The third-order valence-electron chi connectivity index (χ3n) is 2.53. The smallest absolute Gasteiger partial charge is 0.456 e. The van der Waals surface area contributed by atoms with Crippen molar-refractivity contribution in [3.63, 3.8) is 0 Å². The number of esters is 1. The molecule has 0 saturated heterocycles. The van der Waals surface area contributed by atoms with Gasteiger partial charge in [0.15, 0.2) is 6.61 Å². The van der Waals surface area contributed by atoms with E-state index in [0.717, 1.165) is 6.92 Å². The van der Waals surface area contributed by atoms with E-state index in [1.165, 1.54) is 0 Å². The summed E-state index contributed by atoms with van der Waals surface area (Å²) in [4.78, 5) is 10.9. The molecule has 0 aromatic rings. The van der Waals surface area contributed by atoms with E-state index in [1.807, 2.05) is 9.47 Å². The van der Waals surface area contributed by atoms with Gasteiger partial charge in [0.1, 0.15) is 0 Å². The minimum atomic E-state index is -7.36. The molecule has 0 aliphatic rings. The summed E-state index contributed by atoms with van der Waals surface area (Å²) in [6.07, 6.45) is -25.1. The average molecular weight is 462 g/mol. The number of hydrogen-bond acceptors (Lipinski definition) is 4. The first-order valence-electron chi connectivity index (χ1n) is 6.43. The van der Waals surface area contributed by atoms with Crippen molar-refractivity contribution in [1.29, 1.82) is 0 Å². The van der Waals surface area contributed by atoms with Crippen molar-refractivity contribution in [2.45, 2.75) is 37.1 Å². The molecule has 0 amide bonds. The summed E-state index contributed by atoms with van der Waals surface area (Å²) in [5.74, 6) is -15.2. The summed E-state index contributed by atoms with van der Waals surface area (Å²) >= 11 is 0. The summed E-state index contributed by atoms with van der Waals surface area (Å²) in [6.45, 7) is 0.815. The fraction of sp³-hybridized carbons (Fsp3) is 0.583. The predicted molar refractivity (Wildman–Crippen MR) is 63.0 cm³/mol. The van der Waals surface area contributed by atoms with Crippen LogP contribution in [0.2, 0.25) is 0 Å². The molecule has 1 atom stereocenters. The van der Waals surface area contributed by atoms with Crippen LogP contribution in [0.4, 0.5) is 57.1 Å². The average Bonchev–Trinajstić information content (AvgIpc) is 2.49. The van der Waals surface area contributed by atoms with Crippen LogP contribution >= 0.6 is 0 Å². The van der Waals surface area contributed by atoms with Gasteiger partial charge in [-0.25, -0.2) is 4.79 Å². The number of hydrogen-bond donors (Lipinski definition) is 0. The van der Waals surface area contributed by atoms with Gasteiger partial charge in [-0.3, -0.25) is 4.74 Å².